The monoisotopic (exact) mass is 271 g/mol. The summed E-state index contributed by atoms with van der Waals surface area (Å²) in [4.78, 5) is 21.6. The Balaban J connectivity index is 2.49. The first-order valence-corrected chi connectivity index (χ1v) is 6.59. The van der Waals surface area contributed by atoms with E-state index < -0.39 is 5.97 Å². The van der Waals surface area contributed by atoms with Crippen molar-refractivity contribution in [2.24, 2.45) is 0 Å². The van der Waals surface area contributed by atoms with Gasteiger partial charge in [-0.3, -0.25) is 0 Å². The first-order valence-electron chi connectivity index (χ1n) is 6.59. The van der Waals surface area contributed by atoms with Gasteiger partial charge in [-0.15, -0.1) is 0 Å². The summed E-state index contributed by atoms with van der Waals surface area (Å²) in [6, 6.07) is 11.3. The van der Waals surface area contributed by atoms with Crippen LogP contribution in [0.5, 0.6) is 0 Å². The predicted molar refractivity (Wildman–Crippen MR) is 77.5 cm³/mol. The number of hydrogen-bond donors (Lipinski definition) is 1. The van der Waals surface area contributed by atoms with Crippen LogP contribution in [0.2, 0.25) is 0 Å². The third-order valence-electron chi connectivity index (χ3n) is 2.95. The van der Waals surface area contributed by atoms with Gasteiger partial charge in [-0.1, -0.05) is 25.1 Å². The summed E-state index contributed by atoms with van der Waals surface area (Å²) in [5.41, 5.74) is 1.01. The number of nitrogens with zero attached hydrogens (tertiary/aromatic N) is 3. The molecule has 0 aliphatic heterocycles. The second kappa shape index (κ2) is 6.14. The molecule has 0 fully saturated rings. The minimum atomic E-state index is -1.03. The summed E-state index contributed by atoms with van der Waals surface area (Å²) in [6.45, 7) is 4.61. The van der Waals surface area contributed by atoms with Crippen molar-refractivity contribution in [2.45, 2.75) is 20.3 Å². The number of aromatic nitrogens is 2. The van der Waals surface area contributed by atoms with Crippen molar-refractivity contribution in [3.05, 3.63) is 47.9 Å². The molecule has 0 amide bonds. The Bertz CT molecular complexity index is 599. The number of para-hydroxylation sites is 1. The van der Waals surface area contributed by atoms with Gasteiger partial charge in [0.15, 0.2) is 5.69 Å². The van der Waals surface area contributed by atoms with Crippen molar-refractivity contribution in [1.29, 1.82) is 0 Å². The van der Waals surface area contributed by atoms with E-state index in [1.165, 1.54) is 6.07 Å². The largest absolute Gasteiger partial charge is 0.477 e. The van der Waals surface area contributed by atoms with Gasteiger partial charge in [0.1, 0.15) is 11.6 Å². The maximum Gasteiger partial charge on any atom is 0.354 e. The molecule has 0 saturated heterocycles. The number of hydrogen-bond acceptors (Lipinski definition) is 4. The Hall–Kier alpha value is -2.43. The van der Waals surface area contributed by atoms with Crippen molar-refractivity contribution in [1.82, 2.24) is 9.97 Å². The molecule has 0 aliphatic carbocycles. The highest BCUT2D eigenvalue weighted by Gasteiger charge is 2.14. The topological polar surface area (TPSA) is 66.3 Å². The maximum absolute atomic E-state index is 11.2. The molecule has 5 heteroatoms. The number of benzene rings is 1. The van der Waals surface area contributed by atoms with Gasteiger partial charge in [0.2, 0.25) is 0 Å². The van der Waals surface area contributed by atoms with E-state index in [1.807, 2.05) is 49.1 Å². The van der Waals surface area contributed by atoms with Crippen molar-refractivity contribution in [2.75, 3.05) is 11.4 Å². The lowest BCUT2D eigenvalue weighted by Crippen LogP contribution is -2.19. The first kappa shape index (κ1) is 14.0. The van der Waals surface area contributed by atoms with Crippen molar-refractivity contribution in [3.63, 3.8) is 0 Å². The number of aromatic carboxylic acids is 1. The quantitative estimate of drug-likeness (QED) is 0.905. The minimum absolute atomic E-state index is 0.0289. The Morgan fingerprint density at radius 2 is 1.90 bits per heavy atom. The van der Waals surface area contributed by atoms with Gasteiger partial charge in [-0.2, -0.15) is 0 Å². The van der Waals surface area contributed by atoms with Crippen molar-refractivity contribution in [3.8, 4) is 0 Å². The average Bonchev–Trinajstić information content (AvgIpc) is 2.48. The zero-order chi connectivity index (χ0) is 14.5. The van der Waals surface area contributed by atoms with Crippen LogP contribution < -0.4 is 4.90 Å². The molecule has 20 heavy (non-hydrogen) atoms. The fraction of sp³-hybridized carbons (Fsp3) is 0.267. The summed E-state index contributed by atoms with van der Waals surface area (Å²) in [5.74, 6) is 0.115. The van der Waals surface area contributed by atoms with Gasteiger partial charge < -0.3 is 10.0 Å². The van der Waals surface area contributed by atoms with E-state index in [4.69, 9.17) is 5.11 Å². The van der Waals surface area contributed by atoms with E-state index in [9.17, 15) is 4.79 Å². The fourth-order valence-corrected chi connectivity index (χ4v) is 1.97. The molecule has 1 N–H and O–H groups in total. The third-order valence-corrected chi connectivity index (χ3v) is 2.95. The van der Waals surface area contributed by atoms with Crippen LogP contribution in [-0.2, 0) is 6.42 Å². The molecular formula is C15H17N3O2. The molecule has 2 rings (SSSR count). The molecule has 2 aromatic rings. The molecule has 1 aromatic heterocycles. The van der Waals surface area contributed by atoms with Crippen molar-refractivity contribution >= 4 is 17.5 Å². The normalized spacial score (nSPS) is 10.3. The summed E-state index contributed by atoms with van der Waals surface area (Å²) in [7, 11) is 0. The second-order valence-electron chi connectivity index (χ2n) is 4.27. The summed E-state index contributed by atoms with van der Waals surface area (Å²) in [5, 5.41) is 9.15. The van der Waals surface area contributed by atoms with Crippen molar-refractivity contribution < 1.29 is 9.90 Å². The van der Waals surface area contributed by atoms with Crippen LogP contribution in [-0.4, -0.2) is 27.6 Å². The number of anilines is 2. The van der Waals surface area contributed by atoms with E-state index in [2.05, 4.69) is 9.97 Å². The van der Waals surface area contributed by atoms with Gasteiger partial charge in [-0.05, 0) is 19.1 Å². The Morgan fingerprint density at radius 1 is 1.20 bits per heavy atom. The maximum atomic E-state index is 11.2. The van der Waals surface area contributed by atoms with Crippen LogP contribution in [0, 0.1) is 0 Å². The third kappa shape index (κ3) is 2.93. The molecule has 0 atom stereocenters. The molecule has 5 nitrogen and oxygen atoms in total. The number of rotatable bonds is 5. The lowest BCUT2D eigenvalue weighted by atomic mass is 10.2. The van der Waals surface area contributed by atoms with E-state index in [1.54, 1.807) is 0 Å². The summed E-state index contributed by atoms with van der Waals surface area (Å²) < 4.78 is 0. The van der Waals surface area contributed by atoms with Gasteiger partial charge in [0, 0.05) is 24.7 Å². The van der Waals surface area contributed by atoms with Crippen LogP contribution in [0.25, 0.3) is 0 Å². The lowest BCUT2D eigenvalue weighted by Gasteiger charge is -2.22. The fourth-order valence-electron chi connectivity index (χ4n) is 1.97. The molecular weight excluding hydrogens is 254 g/mol. The number of carboxylic acid groups (broad SMARTS) is 1. The molecule has 104 valence electrons. The van der Waals surface area contributed by atoms with Gasteiger partial charge in [0.05, 0.1) is 0 Å². The number of carboxylic acids is 1. The molecule has 1 aromatic carbocycles. The second-order valence-corrected chi connectivity index (χ2v) is 4.27. The zero-order valence-electron chi connectivity index (χ0n) is 11.6. The number of aryl methyl sites for hydroxylation is 1. The molecule has 0 bridgehead atoms. The van der Waals surface area contributed by atoms with Gasteiger partial charge in [0.25, 0.3) is 0 Å². The van der Waals surface area contributed by atoms with Gasteiger partial charge in [-0.25, -0.2) is 14.8 Å². The SMILES string of the molecule is CCc1nc(C(=O)O)cc(N(CC)c2ccccc2)n1. The van der Waals surface area contributed by atoms with Crippen LogP contribution in [0.4, 0.5) is 11.5 Å². The highest BCUT2D eigenvalue weighted by molar-refractivity contribution is 5.86. The molecule has 0 aliphatic rings. The standard InChI is InChI=1S/C15H17N3O2/c1-3-13-16-12(15(19)20)10-14(17-13)18(4-2)11-8-6-5-7-9-11/h5-10H,3-4H2,1-2H3,(H,19,20). The predicted octanol–water partition coefficient (Wildman–Crippen LogP) is 2.90. The van der Waals surface area contributed by atoms with E-state index in [-0.39, 0.29) is 5.69 Å². The first-order chi connectivity index (χ1) is 9.65. The molecule has 0 spiro atoms. The summed E-state index contributed by atoms with van der Waals surface area (Å²) in [6.07, 6.45) is 0.598. The van der Waals surface area contributed by atoms with Gasteiger partial charge >= 0.3 is 5.97 Å². The number of carbonyl (C=O) groups is 1. The minimum Gasteiger partial charge on any atom is -0.477 e. The Kier molecular flexibility index (Phi) is 4.30. The molecule has 0 radical (unpaired) electrons. The smallest absolute Gasteiger partial charge is 0.354 e. The van der Waals surface area contributed by atoms with Crippen LogP contribution in [0.3, 0.4) is 0 Å². The summed E-state index contributed by atoms with van der Waals surface area (Å²) >= 11 is 0. The Labute approximate surface area is 117 Å². The molecule has 1 heterocycles. The lowest BCUT2D eigenvalue weighted by molar-refractivity contribution is 0.0690. The van der Waals surface area contributed by atoms with E-state index in [0.29, 0.717) is 24.6 Å². The van der Waals surface area contributed by atoms with Crippen LogP contribution in [0.15, 0.2) is 36.4 Å². The highest BCUT2D eigenvalue weighted by atomic mass is 16.4. The zero-order valence-corrected chi connectivity index (χ0v) is 11.6. The Morgan fingerprint density at radius 3 is 2.45 bits per heavy atom. The van der Waals surface area contributed by atoms with Crippen LogP contribution >= 0.6 is 0 Å². The highest BCUT2D eigenvalue weighted by Crippen LogP contribution is 2.23. The van der Waals surface area contributed by atoms with E-state index in [0.717, 1.165) is 5.69 Å². The average molecular weight is 271 g/mol. The molecule has 0 saturated carbocycles. The molecule has 0 unspecified atom stereocenters. The van der Waals surface area contributed by atoms with Crippen LogP contribution in [0.1, 0.15) is 30.2 Å². The van der Waals surface area contributed by atoms with E-state index >= 15 is 0 Å².